The van der Waals surface area contributed by atoms with Crippen LogP contribution in [-0.2, 0) is 11.3 Å². The first kappa shape index (κ1) is 23.0. The summed E-state index contributed by atoms with van der Waals surface area (Å²) in [7, 11) is 0. The second kappa shape index (κ2) is 9.74. The number of hydrogen-bond donors (Lipinski definition) is 2. The molecular weight excluding hydrogens is 428 g/mol. The molecule has 2 aromatic carbocycles. The molecule has 0 spiro atoms. The van der Waals surface area contributed by atoms with Crippen LogP contribution in [0.5, 0.6) is 0 Å². The van der Waals surface area contributed by atoms with Crippen LogP contribution in [-0.4, -0.2) is 31.4 Å². The molecule has 0 aliphatic heterocycles. The number of aromatic nitrogens is 4. The van der Waals surface area contributed by atoms with Gasteiger partial charge in [-0.2, -0.15) is 10.2 Å². The zero-order valence-corrected chi connectivity index (χ0v) is 19.7. The molecule has 4 rings (SSSR count). The number of aryl methyl sites for hydroxylation is 2. The molecule has 4 aromatic rings. The molecular formula is C26H28N6O2. The van der Waals surface area contributed by atoms with Crippen molar-refractivity contribution in [1.29, 1.82) is 0 Å². The monoisotopic (exact) mass is 456 g/mol. The number of hydrogen-bond acceptors (Lipinski definition) is 4. The molecule has 8 heteroatoms. The van der Waals surface area contributed by atoms with Crippen molar-refractivity contribution in [3.63, 3.8) is 0 Å². The van der Waals surface area contributed by atoms with Gasteiger partial charge in [-0.05, 0) is 49.7 Å². The fourth-order valence-electron chi connectivity index (χ4n) is 3.57. The second-order valence-electron chi connectivity index (χ2n) is 8.55. The van der Waals surface area contributed by atoms with E-state index in [1.165, 1.54) is 0 Å². The molecule has 0 aliphatic carbocycles. The van der Waals surface area contributed by atoms with Crippen LogP contribution in [0.4, 0.5) is 11.5 Å². The highest BCUT2D eigenvalue weighted by Crippen LogP contribution is 2.20. The number of nitrogens with zero attached hydrogens (tertiary/aromatic N) is 4. The molecule has 2 amide bonds. The average molecular weight is 457 g/mol. The van der Waals surface area contributed by atoms with Crippen LogP contribution in [0.2, 0.25) is 0 Å². The predicted octanol–water partition coefficient (Wildman–Crippen LogP) is 4.58. The van der Waals surface area contributed by atoms with Crippen molar-refractivity contribution in [2.45, 2.75) is 34.2 Å². The van der Waals surface area contributed by atoms with Gasteiger partial charge in [-0.3, -0.25) is 14.3 Å². The average Bonchev–Trinajstić information content (AvgIpc) is 3.37. The lowest BCUT2D eigenvalue weighted by molar-refractivity contribution is -0.118. The third-order valence-corrected chi connectivity index (χ3v) is 5.34. The number of benzene rings is 2. The minimum absolute atomic E-state index is 0.152. The van der Waals surface area contributed by atoms with Gasteiger partial charge >= 0.3 is 0 Å². The fraction of sp³-hybridized carbons (Fsp3) is 0.231. The number of nitrogens with one attached hydrogen (secondary N) is 2. The van der Waals surface area contributed by atoms with E-state index >= 15 is 0 Å². The van der Waals surface area contributed by atoms with Crippen molar-refractivity contribution in [3.05, 3.63) is 89.4 Å². The first-order valence-electron chi connectivity index (χ1n) is 11.2. The van der Waals surface area contributed by atoms with E-state index in [2.05, 4.69) is 20.8 Å². The Morgan fingerprint density at radius 3 is 2.35 bits per heavy atom. The standard InChI is InChI=1S/C26H28N6O2/c1-17(2)25(33)28-24-15-23(30-32(24)22-11-6-5-7-12-22)26(34)27-21-10-8-9-20(14-21)16-31-19(4)13-18(3)29-31/h5-15,17H,16H2,1-4H3,(H,27,34)(H,28,33). The summed E-state index contributed by atoms with van der Waals surface area (Å²) in [6.45, 7) is 8.21. The van der Waals surface area contributed by atoms with Gasteiger partial charge in [0.1, 0.15) is 5.82 Å². The van der Waals surface area contributed by atoms with Crippen LogP contribution in [0.3, 0.4) is 0 Å². The third kappa shape index (κ3) is 5.23. The first-order valence-corrected chi connectivity index (χ1v) is 11.2. The number of carbonyl (C=O) groups is 2. The van der Waals surface area contributed by atoms with Gasteiger partial charge in [-0.1, -0.05) is 44.2 Å². The summed E-state index contributed by atoms with van der Waals surface area (Å²) in [6.07, 6.45) is 0. The minimum Gasteiger partial charge on any atom is -0.321 e. The Labute approximate surface area is 198 Å². The molecule has 0 radical (unpaired) electrons. The van der Waals surface area contributed by atoms with Crippen LogP contribution >= 0.6 is 0 Å². The molecule has 2 aromatic heterocycles. The van der Waals surface area contributed by atoms with Gasteiger partial charge in [0, 0.05) is 23.4 Å². The SMILES string of the molecule is Cc1cc(C)n(Cc2cccc(NC(=O)c3cc(NC(=O)C(C)C)n(-c4ccccc4)n3)c2)n1. The summed E-state index contributed by atoms with van der Waals surface area (Å²) >= 11 is 0. The Bertz CT molecular complexity index is 1320. The summed E-state index contributed by atoms with van der Waals surface area (Å²) in [5, 5.41) is 14.8. The number of para-hydroxylation sites is 1. The van der Waals surface area contributed by atoms with Gasteiger partial charge in [0.15, 0.2) is 5.69 Å². The largest absolute Gasteiger partial charge is 0.321 e. The predicted molar refractivity (Wildman–Crippen MR) is 132 cm³/mol. The molecule has 2 N–H and O–H groups in total. The lowest BCUT2D eigenvalue weighted by Gasteiger charge is -2.10. The van der Waals surface area contributed by atoms with Gasteiger partial charge in [0.2, 0.25) is 5.91 Å². The van der Waals surface area contributed by atoms with Gasteiger partial charge in [-0.25, -0.2) is 4.68 Å². The Kier molecular flexibility index (Phi) is 6.58. The molecule has 2 heterocycles. The highest BCUT2D eigenvalue weighted by Gasteiger charge is 2.18. The normalized spacial score (nSPS) is 11.0. The molecule has 0 aliphatic rings. The summed E-state index contributed by atoms with van der Waals surface area (Å²) < 4.78 is 3.50. The summed E-state index contributed by atoms with van der Waals surface area (Å²) in [5.74, 6) is -0.284. The Hall–Kier alpha value is -4.20. The highest BCUT2D eigenvalue weighted by atomic mass is 16.2. The van der Waals surface area contributed by atoms with Crippen molar-refractivity contribution in [3.8, 4) is 5.69 Å². The molecule has 0 unspecified atom stereocenters. The van der Waals surface area contributed by atoms with E-state index in [1.807, 2.05) is 93.0 Å². The Morgan fingerprint density at radius 2 is 1.68 bits per heavy atom. The molecule has 0 saturated carbocycles. The molecule has 0 fully saturated rings. The van der Waals surface area contributed by atoms with Gasteiger partial charge < -0.3 is 10.6 Å². The topological polar surface area (TPSA) is 93.8 Å². The van der Waals surface area contributed by atoms with Crippen LogP contribution in [0.1, 0.15) is 41.3 Å². The van der Waals surface area contributed by atoms with Crippen molar-refractivity contribution in [2.24, 2.45) is 5.92 Å². The van der Waals surface area contributed by atoms with E-state index in [9.17, 15) is 9.59 Å². The summed E-state index contributed by atoms with van der Waals surface area (Å²) in [5.41, 5.74) is 4.67. The van der Waals surface area contributed by atoms with Gasteiger partial charge in [-0.15, -0.1) is 0 Å². The quantitative estimate of drug-likeness (QED) is 0.426. The van der Waals surface area contributed by atoms with E-state index < -0.39 is 0 Å². The Morgan fingerprint density at radius 1 is 0.912 bits per heavy atom. The summed E-state index contributed by atoms with van der Waals surface area (Å²) in [4.78, 5) is 25.4. The second-order valence-corrected chi connectivity index (χ2v) is 8.55. The van der Waals surface area contributed by atoms with Crippen molar-refractivity contribution in [2.75, 3.05) is 10.6 Å². The van der Waals surface area contributed by atoms with Crippen LogP contribution in [0.15, 0.2) is 66.7 Å². The molecule has 0 bridgehead atoms. The van der Waals surface area contributed by atoms with E-state index in [0.29, 0.717) is 18.1 Å². The maximum absolute atomic E-state index is 13.0. The first-order chi connectivity index (χ1) is 16.3. The Balaban J connectivity index is 1.56. The van der Waals surface area contributed by atoms with E-state index in [4.69, 9.17) is 0 Å². The van der Waals surface area contributed by atoms with Crippen molar-refractivity contribution in [1.82, 2.24) is 19.6 Å². The molecule has 8 nitrogen and oxygen atoms in total. The zero-order valence-electron chi connectivity index (χ0n) is 19.7. The zero-order chi connectivity index (χ0) is 24.2. The van der Waals surface area contributed by atoms with Crippen molar-refractivity contribution >= 4 is 23.3 Å². The number of carbonyl (C=O) groups excluding carboxylic acids is 2. The lowest BCUT2D eigenvalue weighted by Crippen LogP contribution is -2.19. The van der Waals surface area contributed by atoms with Crippen LogP contribution < -0.4 is 10.6 Å². The maximum atomic E-state index is 13.0. The van der Waals surface area contributed by atoms with Crippen LogP contribution in [0, 0.1) is 19.8 Å². The molecule has 0 atom stereocenters. The number of anilines is 2. The maximum Gasteiger partial charge on any atom is 0.276 e. The van der Waals surface area contributed by atoms with E-state index in [0.717, 1.165) is 22.6 Å². The van der Waals surface area contributed by atoms with Gasteiger partial charge in [0.05, 0.1) is 17.9 Å². The van der Waals surface area contributed by atoms with Gasteiger partial charge in [0.25, 0.3) is 5.91 Å². The van der Waals surface area contributed by atoms with E-state index in [1.54, 1.807) is 10.7 Å². The number of amides is 2. The molecule has 174 valence electrons. The highest BCUT2D eigenvalue weighted by molar-refractivity contribution is 6.04. The minimum atomic E-state index is -0.363. The smallest absolute Gasteiger partial charge is 0.276 e. The van der Waals surface area contributed by atoms with Crippen LogP contribution in [0.25, 0.3) is 5.69 Å². The van der Waals surface area contributed by atoms with E-state index in [-0.39, 0.29) is 23.4 Å². The molecule has 0 saturated heterocycles. The fourth-order valence-corrected chi connectivity index (χ4v) is 3.57. The lowest BCUT2D eigenvalue weighted by atomic mass is 10.2. The molecule has 34 heavy (non-hydrogen) atoms. The summed E-state index contributed by atoms with van der Waals surface area (Å²) in [6, 6.07) is 20.6. The number of rotatable bonds is 7. The van der Waals surface area contributed by atoms with Crippen molar-refractivity contribution < 1.29 is 9.59 Å². The third-order valence-electron chi connectivity index (χ3n) is 5.34.